The number of carbonyl (C=O) groups is 1. The lowest BCUT2D eigenvalue weighted by molar-refractivity contribution is 0.0935. The SMILES string of the molecule is CC(Cc1ccccn1)NC(=O)c1coc(COc2ccccc2F)n1. The molecule has 3 rings (SSSR count). The van der Waals surface area contributed by atoms with Gasteiger partial charge in [0.05, 0.1) is 0 Å². The first-order valence-corrected chi connectivity index (χ1v) is 8.14. The Morgan fingerprint density at radius 2 is 2.08 bits per heavy atom. The predicted molar refractivity (Wildman–Crippen MR) is 92.1 cm³/mol. The maximum absolute atomic E-state index is 13.5. The average molecular weight is 355 g/mol. The van der Waals surface area contributed by atoms with Gasteiger partial charge in [-0.05, 0) is 31.2 Å². The standard InChI is InChI=1S/C19H18FN3O3/c1-13(10-14-6-4-5-9-21-14)22-19(24)16-11-26-18(23-16)12-25-17-8-3-2-7-15(17)20/h2-9,11,13H,10,12H2,1H3,(H,22,24). The molecule has 1 atom stereocenters. The monoisotopic (exact) mass is 355 g/mol. The first kappa shape index (κ1) is 17.6. The zero-order chi connectivity index (χ0) is 18.4. The number of benzene rings is 1. The largest absolute Gasteiger partial charge is 0.481 e. The lowest BCUT2D eigenvalue weighted by atomic mass is 10.1. The number of hydrogen-bond donors (Lipinski definition) is 1. The number of carbonyl (C=O) groups excluding carboxylic acids is 1. The van der Waals surface area contributed by atoms with Crippen molar-refractivity contribution in [1.29, 1.82) is 0 Å². The Balaban J connectivity index is 1.53. The molecule has 0 spiro atoms. The van der Waals surface area contributed by atoms with Crippen molar-refractivity contribution < 1.29 is 18.3 Å². The highest BCUT2D eigenvalue weighted by Gasteiger charge is 2.16. The topological polar surface area (TPSA) is 77.2 Å². The molecular formula is C19H18FN3O3. The quantitative estimate of drug-likeness (QED) is 0.704. The van der Waals surface area contributed by atoms with Crippen LogP contribution >= 0.6 is 0 Å². The van der Waals surface area contributed by atoms with Crippen LogP contribution in [0.5, 0.6) is 5.75 Å². The molecule has 0 aliphatic heterocycles. The second-order valence-corrected chi connectivity index (χ2v) is 5.75. The summed E-state index contributed by atoms with van der Waals surface area (Å²) in [6.07, 6.45) is 3.57. The van der Waals surface area contributed by atoms with Gasteiger partial charge in [0.15, 0.2) is 23.9 Å². The number of nitrogens with one attached hydrogen (secondary N) is 1. The van der Waals surface area contributed by atoms with Crippen LogP contribution in [0.1, 0.15) is 29.0 Å². The van der Waals surface area contributed by atoms with Crippen molar-refractivity contribution in [2.24, 2.45) is 0 Å². The van der Waals surface area contributed by atoms with Crippen molar-refractivity contribution >= 4 is 5.91 Å². The molecule has 1 N–H and O–H groups in total. The van der Waals surface area contributed by atoms with E-state index in [0.717, 1.165) is 5.69 Å². The Morgan fingerprint density at radius 3 is 2.85 bits per heavy atom. The van der Waals surface area contributed by atoms with E-state index in [-0.39, 0.29) is 35.9 Å². The van der Waals surface area contributed by atoms with Crippen molar-refractivity contribution in [1.82, 2.24) is 15.3 Å². The van der Waals surface area contributed by atoms with Crippen molar-refractivity contribution in [3.8, 4) is 5.75 Å². The minimum absolute atomic E-state index is 0.0717. The first-order valence-electron chi connectivity index (χ1n) is 8.14. The van der Waals surface area contributed by atoms with E-state index in [1.54, 1.807) is 18.3 Å². The second-order valence-electron chi connectivity index (χ2n) is 5.75. The van der Waals surface area contributed by atoms with Gasteiger partial charge in [-0.3, -0.25) is 9.78 Å². The molecule has 134 valence electrons. The summed E-state index contributed by atoms with van der Waals surface area (Å²) in [6, 6.07) is 11.6. The van der Waals surface area contributed by atoms with E-state index in [0.29, 0.717) is 6.42 Å². The molecule has 6 nitrogen and oxygen atoms in total. The summed E-state index contributed by atoms with van der Waals surface area (Å²) in [7, 11) is 0. The summed E-state index contributed by atoms with van der Waals surface area (Å²) < 4.78 is 24.0. The minimum Gasteiger partial charge on any atom is -0.481 e. The summed E-state index contributed by atoms with van der Waals surface area (Å²) >= 11 is 0. The van der Waals surface area contributed by atoms with Crippen LogP contribution in [0.15, 0.2) is 59.3 Å². The fourth-order valence-electron chi connectivity index (χ4n) is 2.36. The highest BCUT2D eigenvalue weighted by molar-refractivity contribution is 5.92. The Labute approximate surface area is 150 Å². The third kappa shape index (κ3) is 4.66. The summed E-state index contributed by atoms with van der Waals surface area (Å²) in [5.41, 5.74) is 1.03. The van der Waals surface area contributed by atoms with Crippen LogP contribution < -0.4 is 10.1 Å². The summed E-state index contributed by atoms with van der Waals surface area (Å²) in [5.74, 6) is -0.536. The van der Waals surface area contributed by atoms with Crippen LogP contribution in [-0.4, -0.2) is 21.9 Å². The van der Waals surface area contributed by atoms with Crippen LogP contribution in [0.2, 0.25) is 0 Å². The van der Waals surface area contributed by atoms with Crippen LogP contribution in [0, 0.1) is 5.82 Å². The Bertz CT molecular complexity index is 867. The number of ether oxygens (including phenoxy) is 1. The van der Waals surface area contributed by atoms with E-state index in [4.69, 9.17) is 9.15 Å². The second kappa shape index (κ2) is 8.24. The molecule has 3 aromatic rings. The van der Waals surface area contributed by atoms with Gasteiger partial charge in [-0.2, -0.15) is 0 Å². The number of pyridine rings is 1. The smallest absolute Gasteiger partial charge is 0.273 e. The van der Waals surface area contributed by atoms with Crippen molar-refractivity contribution in [3.05, 3.63) is 78.0 Å². The number of oxazole rings is 1. The van der Waals surface area contributed by atoms with Gasteiger partial charge in [0.1, 0.15) is 6.26 Å². The summed E-state index contributed by atoms with van der Waals surface area (Å²) in [6.45, 7) is 1.81. The number of hydrogen-bond acceptors (Lipinski definition) is 5. The number of aromatic nitrogens is 2. The molecule has 0 aliphatic carbocycles. The fraction of sp³-hybridized carbons (Fsp3) is 0.211. The van der Waals surface area contributed by atoms with E-state index in [1.165, 1.54) is 18.4 Å². The predicted octanol–water partition coefficient (Wildman–Crippen LogP) is 3.15. The van der Waals surface area contributed by atoms with Gasteiger partial charge in [-0.15, -0.1) is 0 Å². The van der Waals surface area contributed by atoms with Crippen LogP contribution in [0.3, 0.4) is 0 Å². The van der Waals surface area contributed by atoms with Crippen molar-refractivity contribution in [3.63, 3.8) is 0 Å². The Hall–Kier alpha value is -3.22. The minimum atomic E-state index is -0.472. The molecule has 0 radical (unpaired) electrons. The Kier molecular flexibility index (Phi) is 5.58. The number of halogens is 1. The molecule has 1 aromatic carbocycles. The summed E-state index contributed by atoms with van der Waals surface area (Å²) in [5, 5.41) is 2.84. The van der Waals surface area contributed by atoms with E-state index in [9.17, 15) is 9.18 Å². The summed E-state index contributed by atoms with van der Waals surface area (Å²) in [4.78, 5) is 20.5. The molecule has 2 heterocycles. The third-order valence-corrected chi connectivity index (χ3v) is 3.59. The van der Waals surface area contributed by atoms with Gasteiger partial charge in [-0.25, -0.2) is 9.37 Å². The molecule has 0 fully saturated rings. The number of rotatable bonds is 7. The van der Waals surface area contributed by atoms with Gasteiger partial charge in [0.25, 0.3) is 5.91 Å². The molecule has 26 heavy (non-hydrogen) atoms. The lowest BCUT2D eigenvalue weighted by Gasteiger charge is -2.12. The number of amides is 1. The van der Waals surface area contributed by atoms with Crippen molar-refractivity contribution in [2.45, 2.75) is 26.0 Å². The maximum atomic E-state index is 13.5. The molecule has 0 saturated heterocycles. The fourth-order valence-corrected chi connectivity index (χ4v) is 2.36. The van der Waals surface area contributed by atoms with Gasteiger partial charge in [-0.1, -0.05) is 18.2 Å². The van der Waals surface area contributed by atoms with Crippen LogP contribution in [-0.2, 0) is 13.0 Å². The first-order chi connectivity index (χ1) is 12.6. The van der Waals surface area contributed by atoms with E-state index in [1.807, 2.05) is 25.1 Å². The van der Waals surface area contributed by atoms with Gasteiger partial charge in [0, 0.05) is 24.4 Å². The Morgan fingerprint density at radius 1 is 1.27 bits per heavy atom. The number of para-hydroxylation sites is 1. The highest BCUT2D eigenvalue weighted by Crippen LogP contribution is 2.17. The highest BCUT2D eigenvalue weighted by atomic mass is 19.1. The molecule has 1 amide bonds. The molecule has 2 aromatic heterocycles. The lowest BCUT2D eigenvalue weighted by Crippen LogP contribution is -2.34. The van der Waals surface area contributed by atoms with Gasteiger partial charge >= 0.3 is 0 Å². The molecule has 0 bridgehead atoms. The maximum Gasteiger partial charge on any atom is 0.273 e. The van der Waals surface area contributed by atoms with E-state index < -0.39 is 5.82 Å². The van der Waals surface area contributed by atoms with E-state index >= 15 is 0 Å². The average Bonchev–Trinajstić information content (AvgIpc) is 3.11. The van der Waals surface area contributed by atoms with Gasteiger partial charge < -0.3 is 14.5 Å². The van der Waals surface area contributed by atoms with Gasteiger partial charge in [0.2, 0.25) is 5.89 Å². The number of nitrogens with zero attached hydrogens (tertiary/aromatic N) is 2. The molecular weight excluding hydrogens is 337 g/mol. The van der Waals surface area contributed by atoms with Crippen LogP contribution in [0.4, 0.5) is 4.39 Å². The normalized spacial score (nSPS) is 11.8. The zero-order valence-corrected chi connectivity index (χ0v) is 14.2. The third-order valence-electron chi connectivity index (χ3n) is 3.59. The molecule has 0 aliphatic rings. The zero-order valence-electron chi connectivity index (χ0n) is 14.2. The molecule has 1 unspecified atom stereocenters. The molecule has 0 saturated carbocycles. The van der Waals surface area contributed by atoms with Crippen molar-refractivity contribution in [2.75, 3.05) is 0 Å². The van der Waals surface area contributed by atoms with Crippen LogP contribution in [0.25, 0.3) is 0 Å². The molecule has 7 heteroatoms. The van der Waals surface area contributed by atoms with E-state index in [2.05, 4.69) is 15.3 Å².